The lowest BCUT2D eigenvalue weighted by Gasteiger charge is -2.09. The molecule has 1 aromatic heterocycles. The van der Waals surface area contributed by atoms with Crippen molar-refractivity contribution in [3.05, 3.63) is 12.2 Å². The summed E-state index contributed by atoms with van der Waals surface area (Å²) in [6.45, 7) is 0.298. The summed E-state index contributed by atoms with van der Waals surface area (Å²) in [6, 6.07) is -0.00438. The number of aromatic nitrogens is 2. The van der Waals surface area contributed by atoms with Crippen LogP contribution in [0.3, 0.4) is 0 Å². The fraction of sp³-hybridized carbons (Fsp3) is 0.667. The van der Waals surface area contributed by atoms with Gasteiger partial charge in [-0.2, -0.15) is 4.98 Å². The fourth-order valence-corrected chi connectivity index (χ4v) is 1.43. The zero-order chi connectivity index (χ0) is 10.7. The molecule has 15 heavy (non-hydrogen) atoms. The van der Waals surface area contributed by atoms with Gasteiger partial charge >= 0.3 is 0 Å². The molecule has 1 atom stereocenters. The summed E-state index contributed by atoms with van der Waals surface area (Å²) in [7, 11) is 0. The molecule has 6 heteroatoms. The quantitative estimate of drug-likeness (QED) is 0.702. The topological polar surface area (TPSA) is 94.0 Å². The van der Waals surface area contributed by atoms with Crippen molar-refractivity contribution in [2.75, 3.05) is 0 Å². The van der Waals surface area contributed by atoms with E-state index >= 15 is 0 Å². The summed E-state index contributed by atoms with van der Waals surface area (Å²) in [6.07, 6.45) is 3.92. The zero-order valence-corrected chi connectivity index (χ0v) is 8.35. The Morgan fingerprint density at radius 3 is 3.13 bits per heavy atom. The molecule has 1 aliphatic rings. The SMILES string of the molecule is NC(CC(=O)NCc1ncon1)C1CC1. The minimum Gasteiger partial charge on any atom is -0.349 e. The van der Waals surface area contributed by atoms with Gasteiger partial charge in [-0.25, -0.2) is 0 Å². The summed E-state index contributed by atoms with van der Waals surface area (Å²) < 4.78 is 4.54. The molecule has 1 aliphatic carbocycles. The number of hydrogen-bond donors (Lipinski definition) is 2. The zero-order valence-electron chi connectivity index (χ0n) is 8.35. The maximum atomic E-state index is 11.4. The molecule has 1 saturated carbocycles. The number of amides is 1. The van der Waals surface area contributed by atoms with Crippen molar-refractivity contribution in [2.45, 2.75) is 31.8 Å². The van der Waals surface area contributed by atoms with Gasteiger partial charge in [0.1, 0.15) is 0 Å². The maximum absolute atomic E-state index is 11.4. The molecule has 0 bridgehead atoms. The van der Waals surface area contributed by atoms with E-state index in [-0.39, 0.29) is 11.9 Å². The van der Waals surface area contributed by atoms with E-state index in [1.807, 2.05) is 0 Å². The van der Waals surface area contributed by atoms with Crippen LogP contribution in [0.5, 0.6) is 0 Å². The van der Waals surface area contributed by atoms with E-state index < -0.39 is 0 Å². The van der Waals surface area contributed by atoms with Gasteiger partial charge in [-0.15, -0.1) is 0 Å². The van der Waals surface area contributed by atoms with E-state index in [0.29, 0.717) is 24.7 Å². The third-order valence-electron chi connectivity index (χ3n) is 2.50. The van der Waals surface area contributed by atoms with Crippen molar-refractivity contribution in [3.8, 4) is 0 Å². The Morgan fingerprint density at radius 1 is 1.73 bits per heavy atom. The highest BCUT2D eigenvalue weighted by Gasteiger charge is 2.29. The molecule has 0 radical (unpaired) electrons. The summed E-state index contributed by atoms with van der Waals surface area (Å²) >= 11 is 0. The van der Waals surface area contributed by atoms with E-state index in [0.717, 1.165) is 12.8 Å². The number of rotatable bonds is 5. The first-order chi connectivity index (χ1) is 7.25. The second kappa shape index (κ2) is 4.39. The Morgan fingerprint density at radius 2 is 2.53 bits per heavy atom. The Bertz CT molecular complexity index is 321. The minimum atomic E-state index is -0.0563. The number of hydrogen-bond acceptors (Lipinski definition) is 5. The number of nitrogens with two attached hydrogens (primary N) is 1. The molecule has 3 N–H and O–H groups in total. The number of carbonyl (C=O) groups is 1. The van der Waals surface area contributed by atoms with Gasteiger partial charge in [-0.1, -0.05) is 5.16 Å². The van der Waals surface area contributed by atoms with E-state index in [9.17, 15) is 4.79 Å². The first-order valence-electron chi connectivity index (χ1n) is 5.03. The van der Waals surface area contributed by atoms with E-state index in [4.69, 9.17) is 5.73 Å². The smallest absolute Gasteiger partial charge is 0.221 e. The van der Waals surface area contributed by atoms with Crippen LogP contribution in [0.4, 0.5) is 0 Å². The maximum Gasteiger partial charge on any atom is 0.221 e. The lowest BCUT2D eigenvalue weighted by molar-refractivity contribution is -0.121. The molecule has 1 amide bonds. The van der Waals surface area contributed by atoms with Crippen molar-refractivity contribution in [2.24, 2.45) is 11.7 Å². The van der Waals surface area contributed by atoms with E-state index in [1.54, 1.807) is 0 Å². The van der Waals surface area contributed by atoms with Crippen molar-refractivity contribution in [1.82, 2.24) is 15.5 Å². The van der Waals surface area contributed by atoms with E-state index in [2.05, 4.69) is 20.0 Å². The van der Waals surface area contributed by atoms with Crippen LogP contribution in [-0.4, -0.2) is 22.1 Å². The van der Waals surface area contributed by atoms with Crippen molar-refractivity contribution >= 4 is 5.91 Å². The highest BCUT2D eigenvalue weighted by Crippen LogP contribution is 2.32. The molecule has 0 saturated heterocycles. The summed E-state index contributed by atoms with van der Waals surface area (Å²) in [5, 5.41) is 6.28. The van der Waals surface area contributed by atoms with Gasteiger partial charge in [-0.3, -0.25) is 4.79 Å². The fourth-order valence-electron chi connectivity index (χ4n) is 1.43. The summed E-state index contributed by atoms with van der Waals surface area (Å²) in [5.74, 6) is 0.962. The van der Waals surface area contributed by atoms with Crippen molar-refractivity contribution in [1.29, 1.82) is 0 Å². The molecule has 0 aliphatic heterocycles. The Balaban J connectivity index is 1.68. The summed E-state index contributed by atoms with van der Waals surface area (Å²) in [4.78, 5) is 15.2. The minimum absolute atomic E-state index is 0.00438. The molecule has 0 spiro atoms. The van der Waals surface area contributed by atoms with Crippen LogP contribution in [0.1, 0.15) is 25.1 Å². The first kappa shape index (κ1) is 10.1. The number of nitrogens with one attached hydrogen (secondary N) is 1. The second-order valence-electron chi connectivity index (χ2n) is 3.83. The molecule has 0 aromatic carbocycles. The Labute approximate surface area is 87.2 Å². The molecule has 1 heterocycles. The Kier molecular flexibility index (Phi) is 2.96. The molecule has 6 nitrogen and oxygen atoms in total. The highest BCUT2D eigenvalue weighted by molar-refractivity contribution is 5.76. The second-order valence-corrected chi connectivity index (χ2v) is 3.83. The lowest BCUT2D eigenvalue weighted by Crippen LogP contribution is -2.32. The van der Waals surface area contributed by atoms with E-state index in [1.165, 1.54) is 6.39 Å². The normalized spacial score (nSPS) is 17.4. The Hall–Kier alpha value is -1.43. The van der Waals surface area contributed by atoms with Crippen molar-refractivity contribution < 1.29 is 9.32 Å². The van der Waals surface area contributed by atoms with Gasteiger partial charge in [0, 0.05) is 12.5 Å². The monoisotopic (exact) mass is 210 g/mol. The van der Waals surface area contributed by atoms with Crippen LogP contribution >= 0.6 is 0 Å². The van der Waals surface area contributed by atoms with Gasteiger partial charge in [0.05, 0.1) is 6.54 Å². The molecule has 1 fully saturated rings. The average molecular weight is 210 g/mol. The standard InChI is InChI=1S/C9H14N4O2/c10-7(6-1-2-6)3-9(14)11-4-8-12-5-15-13-8/h5-7H,1-4,10H2,(H,11,14). The van der Waals surface area contributed by atoms with Crippen LogP contribution in [-0.2, 0) is 11.3 Å². The lowest BCUT2D eigenvalue weighted by atomic mass is 10.1. The van der Waals surface area contributed by atoms with Crippen LogP contribution < -0.4 is 11.1 Å². The van der Waals surface area contributed by atoms with Gasteiger partial charge in [0.15, 0.2) is 5.82 Å². The van der Waals surface area contributed by atoms with Gasteiger partial charge in [0.2, 0.25) is 12.3 Å². The number of carbonyl (C=O) groups excluding carboxylic acids is 1. The first-order valence-corrected chi connectivity index (χ1v) is 5.03. The van der Waals surface area contributed by atoms with Gasteiger partial charge in [-0.05, 0) is 18.8 Å². The molecule has 1 aromatic rings. The predicted molar refractivity (Wildman–Crippen MR) is 51.5 cm³/mol. The molecule has 82 valence electrons. The molecule has 2 rings (SSSR count). The molecule has 1 unspecified atom stereocenters. The van der Waals surface area contributed by atoms with Gasteiger partial charge < -0.3 is 15.6 Å². The van der Waals surface area contributed by atoms with Crippen LogP contribution in [0.15, 0.2) is 10.9 Å². The predicted octanol–water partition coefficient (Wildman–Crippen LogP) is -0.187. The average Bonchev–Trinajstić information content (AvgIpc) is 2.93. The molecular formula is C9H14N4O2. The molecular weight excluding hydrogens is 196 g/mol. The van der Waals surface area contributed by atoms with Crippen LogP contribution in [0.25, 0.3) is 0 Å². The third-order valence-corrected chi connectivity index (χ3v) is 2.50. The summed E-state index contributed by atoms with van der Waals surface area (Å²) in [5.41, 5.74) is 5.82. The van der Waals surface area contributed by atoms with Crippen LogP contribution in [0, 0.1) is 5.92 Å². The van der Waals surface area contributed by atoms with Crippen molar-refractivity contribution in [3.63, 3.8) is 0 Å². The number of nitrogens with zero attached hydrogens (tertiary/aromatic N) is 2. The third kappa shape index (κ3) is 3.02. The van der Waals surface area contributed by atoms with Crippen LogP contribution in [0.2, 0.25) is 0 Å². The highest BCUT2D eigenvalue weighted by atomic mass is 16.5. The van der Waals surface area contributed by atoms with Gasteiger partial charge in [0.25, 0.3) is 0 Å². The largest absolute Gasteiger partial charge is 0.349 e.